The Morgan fingerprint density at radius 2 is 1.74 bits per heavy atom. The summed E-state index contributed by atoms with van der Waals surface area (Å²) < 4.78 is 32.9. The molecule has 6 amide bonds. The highest BCUT2D eigenvalue weighted by molar-refractivity contribution is 7.22. The number of carboxylic acids is 1. The zero-order valence-electron chi connectivity index (χ0n) is 47.2. The van der Waals surface area contributed by atoms with Crippen molar-refractivity contribution in [2.75, 3.05) is 62.0 Å². The maximum Gasteiger partial charge on any atom is 0.411 e. The molecule has 0 bridgehead atoms. The van der Waals surface area contributed by atoms with Crippen molar-refractivity contribution < 1.29 is 52.5 Å². The van der Waals surface area contributed by atoms with Gasteiger partial charge in [-0.15, -0.1) is 34.4 Å². The first-order valence-corrected chi connectivity index (χ1v) is 28.6. The Hall–Kier alpha value is -9.55. The summed E-state index contributed by atoms with van der Waals surface area (Å²) in [6, 6.07) is 14.0. The minimum atomic E-state index is -1.17. The summed E-state index contributed by atoms with van der Waals surface area (Å²) in [6.07, 6.45) is 11.9. The zero-order valence-corrected chi connectivity index (χ0v) is 48.8. The first-order chi connectivity index (χ1) is 40.8. The summed E-state index contributed by atoms with van der Waals surface area (Å²) >= 11 is 2.78. The second kappa shape index (κ2) is 30.1. The standard InChI is InChI=1S/C59H64FN13O10S2/c1-7-26-72(59(80)82-29-8-2)33-39-32-40(64-52(74)44(18-11-25-63-55(62)78)65-53(75)48(61)35(3)4)23-22-38(39)34-83-58(79)71(6)27-12-15-37-21-24-45(42(60)31-37)81-30-14-20-47-49(54(76)77)67-57(85-47)73-28-13-16-41-36(5)50(69-70-51(41)73)68-56-66-43-17-9-10-19-46(43)84-56/h1-2,9-10,17,19,21-24,31-32,35,44,48H,11,13-14,16,18,20,25-30,33-34,61H2,3-6H3,(H,64,74)(H,65,75)(H,76,77)(H3,62,63,78)(H,66,68,69). The third-order valence-electron chi connectivity index (χ3n) is 13.3. The number of nitrogens with zero attached hydrogens (tertiary/aromatic N) is 7. The van der Waals surface area contributed by atoms with Crippen LogP contribution in [0.4, 0.5) is 46.4 Å². The average molecular weight is 1200 g/mol. The molecule has 7 rings (SSSR count). The van der Waals surface area contributed by atoms with E-state index in [4.69, 9.17) is 38.5 Å². The molecule has 444 valence electrons. The van der Waals surface area contributed by atoms with E-state index in [0.29, 0.717) is 62.9 Å². The summed E-state index contributed by atoms with van der Waals surface area (Å²) in [5.74, 6) is 8.23. The number of carboxylic acid groups (broad SMARTS) is 1. The number of halogens is 1. The van der Waals surface area contributed by atoms with Gasteiger partial charge < -0.3 is 61.9 Å². The number of carbonyl (C=O) groups is 6. The number of aromatic nitrogens is 4. The van der Waals surface area contributed by atoms with Gasteiger partial charge in [-0.05, 0) is 105 Å². The Kier molecular flexibility index (Phi) is 22.3. The van der Waals surface area contributed by atoms with Crippen LogP contribution in [-0.4, -0.2) is 130 Å². The fourth-order valence-electron chi connectivity index (χ4n) is 8.66. The minimum absolute atomic E-state index is 0.0290. The maximum atomic E-state index is 15.3. The number of terminal acetylenes is 2. The van der Waals surface area contributed by atoms with Gasteiger partial charge in [0.15, 0.2) is 45.8 Å². The number of amides is 6. The van der Waals surface area contributed by atoms with Gasteiger partial charge >= 0.3 is 24.2 Å². The molecule has 6 aromatic rings. The number of nitrogens with two attached hydrogens (primary N) is 2. The second-order valence-electron chi connectivity index (χ2n) is 19.8. The number of primary amides is 1. The number of rotatable bonds is 25. The van der Waals surface area contributed by atoms with E-state index in [1.807, 2.05) is 36.1 Å². The summed E-state index contributed by atoms with van der Waals surface area (Å²) in [6.45, 7) is 5.15. The molecule has 0 fully saturated rings. The Balaban J connectivity index is 0.936. The number of carbonyl (C=O) groups excluding carboxylic acids is 5. The van der Waals surface area contributed by atoms with Crippen molar-refractivity contribution in [3.8, 4) is 42.3 Å². The van der Waals surface area contributed by atoms with E-state index in [1.165, 1.54) is 57.7 Å². The van der Waals surface area contributed by atoms with E-state index in [-0.39, 0.29) is 81.9 Å². The lowest BCUT2D eigenvalue weighted by Crippen LogP contribution is -2.51. The molecule has 3 aromatic heterocycles. The van der Waals surface area contributed by atoms with E-state index in [2.05, 4.69) is 65.1 Å². The number of nitrogens with one attached hydrogen (secondary N) is 4. The molecular formula is C59H64FN13O10S2. The SMILES string of the molecule is C#CCOC(=O)N(CC#C)Cc1cc(NC(=O)C(CCCNC(N)=O)NC(=O)C(N)C(C)C)ccc1COC(=O)N(C)CC#Cc1ccc(OCCCc2sc(N3CCCc4c3nnc(Nc3nc5ccccc5s3)c4C)nc2C(=O)O)c(F)c1. The van der Waals surface area contributed by atoms with Crippen LogP contribution in [0.15, 0.2) is 60.7 Å². The number of urea groups is 1. The number of benzene rings is 3. The number of hydrogen-bond acceptors (Lipinski definition) is 18. The molecule has 0 saturated heterocycles. The van der Waals surface area contributed by atoms with Crippen LogP contribution in [0.2, 0.25) is 0 Å². The van der Waals surface area contributed by atoms with Crippen molar-refractivity contribution in [1.82, 2.24) is 40.6 Å². The molecule has 0 aliphatic carbocycles. The molecule has 0 spiro atoms. The van der Waals surface area contributed by atoms with Crippen LogP contribution in [0.25, 0.3) is 10.2 Å². The van der Waals surface area contributed by atoms with Crippen LogP contribution < -0.4 is 42.4 Å². The highest BCUT2D eigenvalue weighted by Gasteiger charge is 2.30. The van der Waals surface area contributed by atoms with Crippen LogP contribution in [0.1, 0.15) is 82.7 Å². The molecule has 0 radical (unpaired) electrons. The number of hydrogen-bond donors (Lipinski definition) is 7. The number of thiazole rings is 2. The Bertz CT molecular complexity index is 3550. The summed E-state index contributed by atoms with van der Waals surface area (Å²) in [5.41, 5.74) is 15.3. The number of aromatic carboxylic acids is 1. The van der Waals surface area contributed by atoms with E-state index >= 15 is 4.39 Å². The van der Waals surface area contributed by atoms with Gasteiger partial charge in [-0.25, -0.2) is 33.5 Å². The molecule has 2 unspecified atom stereocenters. The molecule has 1 aliphatic rings. The minimum Gasteiger partial charge on any atom is -0.491 e. The zero-order chi connectivity index (χ0) is 61.2. The predicted octanol–water partition coefficient (Wildman–Crippen LogP) is 7.21. The topological polar surface area (TPSA) is 312 Å². The highest BCUT2D eigenvalue weighted by Crippen LogP contribution is 2.39. The molecule has 23 nitrogen and oxygen atoms in total. The van der Waals surface area contributed by atoms with Gasteiger partial charge in [0, 0.05) is 47.4 Å². The number of para-hydroxylation sites is 1. The molecule has 9 N–H and O–H groups in total. The third kappa shape index (κ3) is 17.3. The highest BCUT2D eigenvalue weighted by atomic mass is 32.1. The number of ether oxygens (including phenoxy) is 3. The van der Waals surface area contributed by atoms with Gasteiger partial charge in [0.2, 0.25) is 11.8 Å². The molecule has 1 aliphatic heterocycles. The first kappa shape index (κ1) is 63.0. The normalized spacial score (nSPS) is 12.3. The van der Waals surface area contributed by atoms with E-state index in [9.17, 15) is 33.9 Å². The van der Waals surface area contributed by atoms with Crippen LogP contribution >= 0.6 is 22.7 Å². The maximum absolute atomic E-state index is 15.3. The summed E-state index contributed by atoms with van der Waals surface area (Å²) in [5, 5.41) is 31.6. The predicted molar refractivity (Wildman–Crippen MR) is 320 cm³/mol. The summed E-state index contributed by atoms with van der Waals surface area (Å²) in [4.78, 5) is 90.5. The fraction of sp³-hybridized carbons (Fsp3) is 0.356. The Labute approximate surface area is 498 Å². The molecule has 2 atom stereocenters. The molecule has 85 heavy (non-hydrogen) atoms. The monoisotopic (exact) mass is 1200 g/mol. The molecule has 26 heteroatoms. The van der Waals surface area contributed by atoms with Crippen LogP contribution in [0.3, 0.4) is 0 Å². The van der Waals surface area contributed by atoms with Gasteiger partial charge in [0.1, 0.15) is 12.6 Å². The molecule has 0 saturated carbocycles. The van der Waals surface area contributed by atoms with Gasteiger partial charge in [-0.2, -0.15) is 0 Å². The van der Waals surface area contributed by atoms with Crippen LogP contribution in [0.5, 0.6) is 5.75 Å². The van der Waals surface area contributed by atoms with Gasteiger partial charge in [-0.3, -0.25) is 14.5 Å². The lowest BCUT2D eigenvalue weighted by molar-refractivity contribution is -0.128. The van der Waals surface area contributed by atoms with E-state index in [0.717, 1.165) is 34.2 Å². The number of anilines is 5. The van der Waals surface area contributed by atoms with Crippen molar-refractivity contribution in [2.45, 2.75) is 84.5 Å². The number of fused-ring (bicyclic) bond motifs is 2. The Morgan fingerprint density at radius 1 is 0.941 bits per heavy atom. The number of aryl methyl sites for hydroxylation is 1. The smallest absolute Gasteiger partial charge is 0.411 e. The van der Waals surface area contributed by atoms with Gasteiger partial charge in [0.25, 0.3) is 0 Å². The third-order valence-corrected chi connectivity index (χ3v) is 15.3. The van der Waals surface area contributed by atoms with Gasteiger partial charge in [-0.1, -0.05) is 67.1 Å². The van der Waals surface area contributed by atoms with E-state index < -0.39 is 53.9 Å². The van der Waals surface area contributed by atoms with Gasteiger partial charge in [0.05, 0.1) is 42.5 Å². The van der Waals surface area contributed by atoms with E-state index in [1.54, 1.807) is 32.0 Å². The van der Waals surface area contributed by atoms with Crippen molar-refractivity contribution in [1.29, 1.82) is 0 Å². The molecular weight excluding hydrogens is 1130 g/mol. The Morgan fingerprint density at radius 3 is 2.47 bits per heavy atom. The first-order valence-electron chi connectivity index (χ1n) is 26.9. The van der Waals surface area contributed by atoms with Crippen LogP contribution in [-0.2, 0) is 45.1 Å². The average Bonchev–Trinajstić information content (AvgIpc) is 2.78. The lowest BCUT2D eigenvalue weighted by Gasteiger charge is -2.28. The van der Waals surface area contributed by atoms with Crippen molar-refractivity contribution in [3.05, 3.63) is 105 Å². The van der Waals surface area contributed by atoms with Crippen LogP contribution in [0, 0.1) is 55.2 Å². The second-order valence-corrected chi connectivity index (χ2v) is 21.9. The molecule has 4 heterocycles. The van der Waals surface area contributed by atoms with Crippen molar-refractivity contribution in [3.63, 3.8) is 0 Å². The largest absolute Gasteiger partial charge is 0.491 e. The van der Waals surface area contributed by atoms with Crippen molar-refractivity contribution >= 4 is 96.5 Å². The molecule has 3 aromatic carbocycles. The quantitative estimate of drug-likeness (QED) is 0.0220. The fourth-order valence-corrected chi connectivity index (χ4v) is 10.6. The van der Waals surface area contributed by atoms with Crippen molar-refractivity contribution in [2.24, 2.45) is 17.4 Å². The summed E-state index contributed by atoms with van der Waals surface area (Å²) in [7, 11) is 1.45. The lowest BCUT2D eigenvalue weighted by atomic mass is 10.0.